The SMILES string of the molecule is O=C(Cn1cnnn1)Nc1cccc(C[S@](=O)C2CCCCC2)c1. The summed E-state index contributed by atoms with van der Waals surface area (Å²) < 4.78 is 13.9. The van der Waals surface area contributed by atoms with E-state index < -0.39 is 10.8 Å². The number of benzene rings is 1. The van der Waals surface area contributed by atoms with Crippen molar-refractivity contribution >= 4 is 22.4 Å². The lowest BCUT2D eigenvalue weighted by atomic mass is 10.0. The van der Waals surface area contributed by atoms with Gasteiger partial charge in [-0.2, -0.15) is 0 Å². The Labute approximate surface area is 143 Å². The van der Waals surface area contributed by atoms with E-state index in [0.29, 0.717) is 16.7 Å². The van der Waals surface area contributed by atoms with Crippen molar-refractivity contribution in [2.45, 2.75) is 49.7 Å². The molecular formula is C16H21N5O2S. The van der Waals surface area contributed by atoms with E-state index in [1.165, 1.54) is 30.3 Å². The average molecular weight is 347 g/mol. The van der Waals surface area contributed by atoms with Crippen molar-refractivity contribution in [2.75, 3.05) is 5.32 Å². The molecule has 3 rings (SSSR count). The van der Waals surface area contributed by atoms with E-state index in [0.717, 1.165) is 18.4 Å². The van der Waals surface area contributed by atoms with Gasteiger partial charge in [0.25, 0.3) is 0 Å². The number of hydrogen-bond donors (Lipinski definition) is 1. The summed E-state index contributed by atoms with van der Waals surface area (Å²) in [7, 11) is -0.848. The van der Waals surface area contributed by atoms with E-state index in [9.17, 15) is 9.00 Å². The molecule has 1 aliphatic rings. The highest BCUT2D eigenvalue weighted by atomic mass is 32.2. The minimum absolute atomic E-state index is 0.0607. The Balaban J connectivity index is 1.57. The summed E-state index contributed by atoms with van der Waals surface area (Å²) in [5.74, 6) is 0.342. The second-order valence-corrected chi connectivity index (χ2v) is 7.76. The normalized spacial score (nSPS) is 16.7. The molecule has 128 valence electrons. The maximum absolute atomic E-state index is 12.5. The summed E-state index contributed by atoms with van der Waals surface area (Å²) in [6.07, 6.45) is 7.15. The second kappa shape index (κ2) is 8.14. The molecule has 0 unspecified atom stereocenters. The molecule has 0 spiro atoms. The number of anilines is 1. The second-order valence-electron chi connectivity index (χ2n) is 6.04. The van der Waals surface area contributed by atoms with Gasteiger partial charge in [0.2, 0.25) is 5.91 Å². The third-order valence-electron chi connectivity index (χ3n) is 4.14. The van der Waals surface area contributed by atoms with E-state index in [-0.39, 0.29) is 12.5 Å². The van der Waals surface area contributed by atoms with Gasteiger partial charge in [-0.05, 0) is 41.0 Å². The van der Waals surface area contributed by atoms with Crippen molar-refractivity contribution in [3.8, 4) is 0 Å². The lowest BCUT2D eigenvalue weighted by Gasteiger charge is -2.21. The quantitative estimate of drug-likeness (QED) is 0.862. The van der Waals surface area contributed by atoms with Crippen LogP contribution in [0.5, 0.6) is 0 Å². The van der Waals surface area contributed by atoms with Crippen LogP contribution in [0.3, 0.4) is 0 Å². The molecule has 1 aliphatic carbocycles. The third kappa shape index (κ3) is 4.70. The number of rotatable bonds is 6. The molecule has 0 aliphatic heterocycles. The fourth-order valence-corrected chi connectivity index (χ4v) is 4.55. The highest BCUT2D eigenvalue weighted by molar-refractivity contribution is 7.84. The molecule has 1 amide bonds. The highest BCUT2D eigenvalue weighted by Gasteiger charge is 2.19. The van der Waals surface area contributed by atoms with Crippen LogP contribution in [0.2, 0.25) is 0 Å². The molecule has 2 aromatic rings. The van der Waals surface area contributed by atoms with Crippen LogP contribution in [0.4, 0.5) is 5.69 Å². The summed E-state index contributed by atoms with van der Waals surface area (Å²) in [6, 6.07) is 7.54. The summed E-state index contributed by atoms with van der Waals surface area (Å²) >= 11 is 0. The van der Waals surface area contributed by atoms with Gasteiger partial charge in [0.15, 0.2) is 0 Å². The summed E-state index contributed by atoms with van der Waals surface area (Å²) in [4.78, 5) is 12.0. The molecule has 1 N–H and O–H groups in total. The zero-order valence-corrected chi connectivity index (χ0v) is 14.2. The number of nitrogens with one attached hydrogen (secondary N) is 1. The first-order valence-electron chi connectivity index (χ1n) is 8.17. The molecule has 0 bridgehead atoms. The molecule has 8 heteroatoms. The molecule has 1 fully saturated rings. The Hall–Kier alpha value is -2.09. The van der Waals surface area contributed by atoms with Crippen LogP contribution in [0.1, 0.15) is 37.7 Å². The number of aromatic nitrogens is 4. The van der Waals surface area contributed by atoms with E-state index in [4.69, 9.17) is 0 Å². The number of hydrogen-bond acceptors (Lipinski definition) is 5. The molecule has 1 aromatic carbocycles. The highest BCUT2D eigenvalue weighted by Crippen LogP contribution is 2.24. The van der Waals surface area contributed by atoms with Crippen molar-refractivity contribution in [2.24, 2.45) is 0 Å². The smallest absolute Gasteiger partial charge is 0.246 e. The standard InChI is InChI=1S/C16H21N5O2S/c22-16(10-21-12-17-19-20-21)18-14-6-4-5-13(9-14)11-24(23)15-7-2-1-3-8-15/h4-6,9,12,15H,1-3,7-8,10-11H2,(H,18,22)/t24-/m0/s1. The monoisotopic (exact) mass is 347 g/mol. The topological polar surface area (TPSA) is 89.8 Å². The van der Waals surface area contributed by atoms with Gasteiger partial charge in [0.1, 0.15) is 12.9 Å². The van der Waals surface area contributed by atoms with Crippen LogP contribution in [0.25, 0.3) is 0 Å². The van der Waals surface area contributed by atoms with Crippen molar-refractivity contribution in [1.82, 2.24) is 20.2 Å². The first-order chi connectivity index (χ1) is 11.7. The fourth-order valence-electron chi connectivity index (χ4n) is 2.95. The average Bonchev–Trinajstić information content (AvgIpc) is 3.08. The first kappa shape index (κ1) is 16.8. The Morgan fingerprint density at radius 1 is 1.29 bits per heavy atom. The van der Waals surface area contributed by atoms with E-state index in [1.54, 1.807) is 0 Å². The van der Waals surface area contributed by atoms with Gasteiger partial charge in [0, 0.05) is 27.5 Å². The Kier molecular flexibility index (Phi) is 5.68. The summed E-state index contributed by atoms with van der Waals surface area (Å²) in [5.41, 5.74) is 1.69. The zero-order chi connectivity index (χ0) is 16.8. The number of tetrazole rings is 1. The van der Waals surface area contributed by atoms with E-state index >= 15 is 0 Å². The molecule has 1 saturated carbocycles. The van der Waals surface area contributed by atoms with Crippen molar-refractivity contribution in [3.05, 3.63) is 36.2 Å². The maximum atomic E-state index is 12.5. The van der Waals surface area contributed by atoms with Crippen molar-refractivity contribution in [1.29, 1.82) is 0 Å². The largest absolute Gasteiger partial charge is 0.324 e. The van der Waals surface area contributed by atoms with Crippen LogP contribution in [-0.2, 0) is 27.9 Å². The van der Waals surface area contributed by atoms with E-state index in [1.807, 2.05) is 24.3 Å². The van der Waals surface area contributed by atoms with Gasteiger partial charge in [-0.25, -0.2) is 4.68 Å². The van der Waals surface area contributed by atoms with Crippen LogP contribution in [0, 0.1) is 0 Å². The predicted octanol–water partition coefficient (Wildman–Crippen LogP) is 1.89. The zero-order valence-electron chi connectivity index (χ0n) is 13.4. The minimum Gasteiger partial charge on any atom is -0.324 e. The number of carbonyl (C=O) groups excluding carboxylic acids is 1. The Morgan fingerprint density at radius 2 is 2.12 bits per heavy atom. The summed E-state index contributed by atoms with van der Waals surface area (Å²) in [6.45, 7) is 0.0607. The third-order valence-corrected chi connectivity index (χ3v) is 5.97. The lowest BCUT2D eigenvalue weighted by Crippen LogP contribution is -2.20. The molecule has 1 aromatic heterocycles. The van der Waals surface area contributed by atoms with E-state index in [2.05, 4.69) is 20.8 Å². The van der Waals surface area contributed by atoms with Gasteiger partial charge in [-0.3, -0.25) is 9.00 Å². The molecule has 1 heterocycles. The fraction of sp³-hybridized carbons (Fsp3) is 0.500. The van der Waals surface area contributed by atoms with Gasteiger partial charge in [-0.1, -0.05) is 31.4 Å². The Morgan fingerprint density at radius 3 is 2.88 bits per heavy atom. The molecule has 1 atom stereocenters. The molecule has 0 saturated heterocycles. The van der Waals surface area contributed by atoms with Gasteiger partial charge < -0.3 is 5.32 Å². The maximum Gasteiger partial charge on any atom is 0.246 e. The van der Waals surface area contributed by atoms with Gasteiger partial charge >= 0.3 is 0 Å². The van der Waals surface area contributed by atoms with Crippen molar-refractivity contribution in [3.63, 3.8) is 0 Å². The van der Waals surface area contributed by atoms with Crippen LogP contribution >= 0.6 is 0 Å². The van der Waals surface area contributed by atoms with Crippen molar-refractivity contribution < 1.29 is 9.00 Å². The molecule has 0 radical (unpaired) electrons. The van der Waals surface area contributed by atoms with Crippen LogP contribution < -0.4 is 5.32 Å². The molecule has 24 heavy (non-hydrogen) atoms. The van der Waals surface area contributed by atoms with Crippen LogP contribution in [-0.4, -0.2) is 35.6 Å². The van der Waals surface area contributed by atoms with Gasteiger partial charge in [0.05, 0.1) is 0 Å². The van der Waals surface area contributed by atoms with Crippen LogP contribution in [0.15, 0.2) is 30.6 Å². The molecule has 7 nitrogen and oxygen atoms in total. The summed E-state index contributed by atoms with van der Waals surface area (Å²) in [5, 5.41) is 13.8. The minimum atomic E-state index is -0.848. The first-order valence-corrected chi connectivity index (χ1v) is 9.55. The van der Waals surface area contributed by atoms with Gasteiger partial charge in [-0.15, -0.1) is 5.10 Å². The lowest BCUT2D eigenvalue weighted by molar-refractivity contribution is -0.116. The number of amides is 1. The number of nitrogens with zero attached hydrogens (tertiary/aromatic N) is 4. The predicted molar refractivity (Wildman–Crippen MR) is 91.6 cm³/mol. The Bertz CT molecular complexity index is 698. The molecular weight excluding hydrogens is 326 g/mol. The number of carbonyl (C=O) groups is 1.